The van der Waals surface area contributed by atoms with Crippen molar-refractivity contribution in [3.8, 4) is 17.6 Å². The van der Waals surface area contributed by atoms with Crippen molar-refractivity contribution in [3.63, 3.8) is 0 Å². The fraction of sp³-hybridized carbons (Fsp3) is 0.250. The molecular weight excluding hydrogens is 681 g/mol. The highest BCUT2D eigenvalue weighted by atomic mass is 16.2. The van der Waals surface area contributed by atoms with Gasteiger partial charge in [-0.15, -0.1) is 0 Å². The van der Waals surface area contributed by atoms with E-state index in [-0.39, 0.29) is 11.8 Å². The number of hydrogen-bond donors (Lipinski definition) is 5. The number of para-hydroxylation sites is 2. The highest BCUT2D eigenvalue weighted by Crippen LogP contribution is 2.53. The number of amides is 2. The third-order valence-corrected chi connectivity index (χ3v) is 11.4. The van der Waals surface area contributed by atoms with E-state index in [1.807, 2.05) is 105 Å². The zero-order valence-corrected chi connectivity index (χ0v) is 30.0. The Bertz CT molecular complexity index is 2780. The molecule has 4 aromatic carbocycles. The van der Waals surface area contributed by atoms with Gasteiger partial charge in [-0.3, -0.25) is 24.7 Å². The van der Waals surface area contributed by atoms with Crippen LogP contribution in [0.4, 0.5) is 22.7 Å². The number of hydrogen-bond acceptors (Lipinski definition) is 9. The van der Waals surface area contributed by atoms with Crippen LogP contribution >= 0.6 is 0 Å². The molecule has 2 unspecified atom stereocenters. The highest BCUT2D eigenvalue weighted by Gasteiger charge is 2.52. The Morgan fingerprint density at radius 2 is 1.52 bits per heavy atom. The van der Waals surface area contributed by atoms with Crippen molar-refractivity contribution in [2.45, 2.75) is 50.9 Å². The number of aromatic amines is 3. The molecule has 6 N–H and O–H groups in total. The summed E-state index contributed by atoms with van der Waals surface area (Å²) in [6, 6.07) is 26.0. The molecule has 0 spiro atoms. The van der Waals surface area contributed by atoms with Crippen molar-refractivity contribution < 1.29 is 9.59 Å². The van der Waals surface area contributed by atoms with Crippen molar-refractivity contribution in [2.75, 3.05) is 33.1 Å². The van der Waals surface area contributed by atoms with Gasteiger partial charge < -0.3 is 25.8 Å². The van der Waals surface area contributed by atoms with E-state index >= 15 is 0 Å². The molecule has 14 nitrogen and oxygen atoms in total. The van der Waals surface area contributed by atoms with E-state index in [0.29, 0.717) is 58.4 Å². The van der Waals surface area contributed by atoms with Crippen LogP contribution in [0.3, 0.4) is 0 Å². The van der Waals surface area contributed by atoms with Crippen molar-refractivity contribution in [2.24, 2.45) is 5.73 Å². The van der Waals surface area contributed by atoms with Gasteiger partial charge >= 0.3 is 0 Å². The molecule has 14 heteroatoms. The van der Waals surface area contributed by atoms with E-state index in [2.05, 4.69) is 31.7 Å². The molecule has 0 fully saturated rings. The van der Waals surface area contributed by atoms with Crippen LogP contribution < -0.4 is 25.8 Å². The third kappa shape index (κ3) is 4.15. The Hall–Kier alpha value is -6.72. The number of rotatable bonds is 6. The van der Waals surface area contributed by atoms with E-state index < -0.39 is 23.2 Å². The molecule has 0 bridgehead atoms. The van der Waals surface area contributed by atoms with E-state index in [9.17, 15) is 14.9 Å². The van der Waals surface area contributed by atoms with Gasteiger partial charge in [-0.05, 0) is 75.2 Å². The summed E-state index contributed by atoms with van der Waals surface area (Å²) in [5, 5.41) is 32.2. The number of carbonyl (C=O) groups is 2. The van der Waals surface area contributed by atoms with Crippen LogP contribution in [0.2, 0.25) is 0 Å². The summed E-state index contributed by atoms with van der Waals surface area (Å²) in [6.45, 7) is 8.26. The molecule has 2 amide bonds. The summed E-state index contributed by atoms with van der Waals surface area (Å²) < 4.78 is 0. The first-order valence-corrected chi connectivity index (χ1v) is 17.9. The highest BCUT2D eigenvalue weighted by molar-refractivity contribution is 6.12. The second kappa shape index (κ2) is 10.9. The Labute approximate surface area is 308 Å². The predicted octanol–water partition coefficient (Wildman–Crippen LogP) is 5.67. The van der Waals surface area contributed by atoms with Gasteiger partial charge in [0.2, 0.25) is 18.0 Å². The number of benzene rings is 4. The maximum Gasteiger partial charge on any atom is 0.239 e. The average Bonchev–Trinajstić information content (AvgIpc) is 4.00. The molecule has 0 aliphatic carbocycles. The molecule has 0 radical (unpaired) electrons. The van der Waals surface area contributed by atoms with Gasteiger partial charge in [-0.25, -0.2) is 4.98 Å². The number of nitrogens with zero attached hydrogens (tertiary/aromatic N) is 7. The Kier molecular flexibility index (Phi) is 6.46. The normalized spacial score (nSPS) is 18.7. The van der Waals surface area contributed by atoms with Crippen LogP contribution in [-0.4, -0.2) is 61.4 Å². The number of nitriles is 1. The van der Waals surface area contributed by atoms with Crippen LogP contribution in [-0.2, 0) is 20.4 Å². The van der Waals surface area contributed by atoms with E-state index in [1.165, 1.54) is 0 Å². The molecule has 0 saturated heterocycles. The fourth-order valence-electron chi connectivity index (χ4n) is 8.58. The SMILES string of the molecule is CC1(C)C(=O)N(CCN)c2cc3c(cc21)N(C(C#N)N1C(=O)C(C)(C)c2cc4nc(-c5n[nH]c6ccccc56)[nH]c4cc21)C(c1n[nH]c2ccccc12)N3. The minimum absolute atomic E-state index is 0.0407. The number of nitrogens with two attached hydrogens (primary N) is 1. The van der Waals surface area contributed by atoms with Gasteiger partial charge in [0.25, 0.3) is 0 Å². The number of H-pyrrole nitrogens is 3. The van der Waals surface area contributed by atoms with Gasteiger partial charge in [0.1, 0.15) is 23.6 Å². The lowest BCUT2D eigenvalue weighted by molar-refractivity contribution is -0.122. The molecule has 3 aliphatic rings. The maximum absolute atomic E-state index is 14.7. The smallest absolute Gasteiger partial charge is 0.239 e. The minimum Gasteiger partial charge on any atom is -0.358 e. The van der Waals surface area contributed by atoms with Crippen LogP contribution in [0.15, 0.2) is 72.8 Å². The van der Waals surface area contributed by atoms with E-state index in [0.717, 1.165) is 38.6 Å². The lowest BCUT2D eigenvalue weighted by Gasteiger charge is -2.36. The van der Waals surface area contributed by atoms with Crippen LogP contribution in [0, 0.1) is 11.3 Å². The van der Waals surface area contributed by atoms with E-state index in [1.54, 1.807) is 9.80 Å². The molecule has 10 rings (SSSR count). The van der Waals surface area contributed by atoms with E-state index in [4.69, 9.17) is 15.8 Å². The molecule has 3 aliphatic heterocycles. The first-order chi connectivity index (χ1) is 26.0. The quantitative estimate of drug-likeness (QED) is 0.144. The summed E-state index contributed by atoms with van der Waals surface area (Å²) >= 11 is 0. The number of aromatic nitrogens is 6. The van der Waals surface area contributed by atoms with Crippen molar-refractivity contribution >= 4 is 67.4 Å². The van der Waals surface area contributed by atoms with Gasteiger partial charge in [0.15, 0.2) is 5.82 Å². The molecule has 0 saturated carbocycles. The van der Waals surface area contributed by atoms with Crippen molar-refractivity contribution in [3.05, 3.63) is 89.6 Å². The van der Waals surface area contributed by atoms with Gasteiger partial charge in [0, 0.05) is 23.9 Å². The minimum atomic E-state index is -1.12. The molecule has 3 aromatic heterocycles. The molecule has 6 heterocycles. The number of nitrogens with one attached hydrogen (secondary N) is 4. The molecule has 54 heavy (non-hydrogen) atoms. The summed E-state index contributed by atoms with van der Waals surface area (Å²) in [6.07, 6.45) is -1.78. The van der Waals surface area contributed by atoms with Gasteiger partial charge in [-0.2, -0.15) is 15.5 Å². The Morgan fingerprint density at radius 1 is 0.833 bits per heavy atom. The third-order valence-electron chi connectivity index (χ3n) is 11.4. The second-order valence-electron chi connectivity index (χ2n) is 15.3. The molecular formula is C40H36N12O2. The van der Waals surface area contributed by atoms with Crippen molar-refractivity contribution in [1.29, 1.82) is 5.26 Å². The number of fused-ring (bicyclic) bond motifs is 6. The number of imidazole rings is 1. The molecule has 2 atom stereocenters. The zero-order valence-electron chi connectivity index (χ0n) is 30.0. The van der Waals surface area contributed by atoms with Crippen LogP contribution in [0.25, 0.3) is 44.4 Å². The summed E-state index contributed by atoms with van der Waals surface area (Å²) in [5.74, 6) is 0.331. The summed E-state index contributed by atoms with van der Waals surface area (Å²) in [7, 11) is 0. The Morgan fingerprint density at radius 3 is 2.28 bits per heavy atom. The maximum atomic E-state index is 14.7. The number of anilines is 4. The monoisotopic (exact) mass is 716 g/mol. The largest absolute Gasteiger partial charge is 0.358 e. The molecule has 268 valence electrons. The average molecular weight is 717 g/mol. The van der Waals surface area contributed by atoms with Crippen LogP contribution in [0.1, 0.15) is 50.7 Å². The Balaban J connectivity index is 1.15. The van der Waals surface area contributed by atoms with Crippen LogP contribution in [0.5, 0.6) is 0 Å². The first kappa shape index (κ1) is 32.0. The lowest BCUT2D eigenvalue weighted by Crippen LogP contribution is -2.52. The van der Waals surface area contributed by atoms with Gasteiger partial charge in [0.05, 0.1) is 55.6 Å². The van der Waals surface area contributed by atoms with Crippen molar-refractivity contribution in [1.82, 2.24) is 30.4 Å². The summed E-state index contributed by atoms with van der Waals surface area (Å²) in [4.78, 5) is 42.0. The lowest BCUT2D eigenvalue weighted by atomic mass is 9.85. The molecule has 7 aromatic rings. The second-order valence-corrected chi connectivity index (χ2v) is 15.3. The predicted molar refractivity (Wildman–Crippen MR) is 207 cm³/mol. The zero-order chi connectivity index (χ0) is 37.3. The standard InChI is InChI=1S/C40H36N12O2/c1-39(2)23-16-31-28(18-29(23)50(14-13-41)37(39)53)45-36(34-21-10-6-8-12-25(21)47-49-34)51(31)32(19-42)52-30-17-27-26(15-22(30)40(3,4)38(52)54)43-35(44-27)33-20-9-5-7-11-24(20)46-48-33/h5-12,15-18,32,36,45H,13-14,41H2,1-4H3,(H,43,44)(H,46,48)(H,47,49). The number of carbonyl (C=O) groups excluding carboxylic acids is 2. The first-order valence-electron chi connectivity index (χ1n) is 17.9. The summed E-state index contributed by atoms with van der Waals surface area (Å²) in [5.41, 5.74) is 13.0. The topological polar surface area (TPSA) is 192 Å². The van der Waals surface area contributed by atoms with Gasteiger partial charge in [-0.1, -0.05) is 36.4 Å². The fourth-order valence-corrected chi connectivity index (χ4v) is 8.58.